The van der Waals surface area contributed by atoms with Crippen molar-refractivity contribution in [1.29, 1.82) is 0 Å². The molecule has 0 fully saturated rings. The van der Waals surface area contributed by atoms with Gasteiger partial charge < -0.3 is 4.84 Å². The van der Waals surface area contributed by atoms with E-state index in [1.165, 1.54) is 0 Å². The number of halogens is 4. The third kappa shape index (κ3) is 5.11. The molecule has 1 aromatic rings. The average molecular weight is 319 g/mol. The first-order valence-electron chi connectivity index (χ1n) is 5.16. The Balaban J connectivity index is 0.00000256. The molecule has 0 N–H and O–H groups in total. The molecule has 0 unspecified atom stereocenters. The highest BCUT2D eigenvalue weighted by Gasteiger charge is 2.12. The summed E-state index contributed by atoms with van der Waals surface area (Å²) in [7, 11) is 0. The van der Waals surface area contributed by atoms with Crippen LogP contribution in [0.25, 0.3) is 0 Å². The van der Waals surface area contributed by atoms with Crippen molar-refractivity contribution in [2.45, 2.75) is 20.3 Å². The number of hydrogen-bond donors (Lipinski definition) is 0. The molecule has 98 valence electrons. The standard InChI is InChI=1S/C11H14Cl3NO.ClH/c1-3-5-15(4-2)16-11-9(13)6-8(12)7-10(11)14;/h6-7H,3-5H2,1-2H3;1H. The molecular formula is C11H15Cl4NO. The lowest BCUT2D eigenvalue weighted by molar-refractivity contribution is -0.0532. The van der Waals surface area contributed by atoms with E-state index in [1.807, 2.05) is 6.92 Å². The number of nitrogens with zero attached hydrogens (tertiary/aromatic N) is 1. The van der Waals surface area contributed by atoms with E-state index in [9.17, 15) is 0 Å². The molecule has 2 nitrogen and oxygen atoms in total. The first-order valence-corrected chi connectivity index (χ1v) is 6.29. The van der Waals surface area contributed by atoms with E-state index in [4.69, 9.17) is 39.6 Å². The number of benzene rings is 1. The highest BCUT2D eigenvalue weighted by atomic mass is 35.5. The second-order valence-corrected chi connectivity index (χ2v) is 4.56. The normalized spacial score (nSPS) is 10.2. The fourth-order valence-corrected chi connectivity index (χ4v) is 2.15. The summed E-state index contributed by atoms with van der Waals surface area (Å²) < 4.78 is 0. The summed E-state index contributed by atoms with van der Waals surface area (Å²) in [5.41, 5.74) is 0. The second kappa shape index (κ2) is 8.28. The maximum atomic E-state index is 6.02. The zero-order valence-electron chi connectivity index (χ0n) is 9.67. The molecule has 0 aliphatic heterocycles. The zero-order valence-corrected chi connectivity index (χ0v) is 12.8. The van der Waals surface area contributed by atoms with Gasteiger partial charge in [0.15, 0.2) is 5.75 Å². The second-order valence-electron chi connectivity index (χ2n) is 3.31. The SMILES string of the molecule is CCCN(CC)Oc1c(Cl)cc(Cl)cc1Cl.Cl. The van der Waals surface area contributed by atoms with Gasteiger partial charge >= 0.3 is 0 Å². The van der Waals surface area contributed by atoms with Crippen LogP contribution in [0.15, 0.2) is 12.1 Å². The molecule has 0 saturated heterocycles. The third-order valence-corrected chi connectivity index (χ3v) is 2.79. The van der Waals surface area contributed by atoms with Gasteiger partial charge in [-0.2, -0.15) is 0 Å². The van der Waals surface area contributed by atoms with Crippen molar-refractivity contribution in [2.75, 3.05) is 13.1 Å². The van der Waals surface area contributed by atoms with Crippen molar-refractivity contribution in [3.05, 3.63) is 27.2 Å². The lowest BCUT2D eigenvalue weighted by Crippen LogP contribution is -2.28. The Labute approximate surface area is 123 Å². The predicted molar refractivity (Wildman–Crippen MR) is 76.9 cm³/mol. The Morgan fingerprint density at radius 1 is 1.12 bits per heavy atom. The van der Waals surface area contributed by atoms with Crippen molar-refractivity contribution in [2.24, 2.45) is 0 Å². The van der Waals surface area contributed by atoms with Crippen molar-refractivity contribution < 1.29 is 4.84 Å². The molecule has 0 aliphatic rings. The lowest BCUT2D eigenvalue weighted by Gasteiger charge is -2.21. The largest absolute Gasteiger partial charge is 0.403 e. The zero-order chi connectivity index (χ0) is 12.1. The first-order chi connectivity index (χ1) is 7.58. The first kappa shape index (κ1) is 17.1. The van der Waals surface area contributed by atoms with E-state index < -0.39 is 0 Å². The molecule has 1 aromatic carbocycles. The molecule has 0 spiro atoms. The number of rotatable bonds is 5. The predicted octanol–water partition coefficient (Wildman–Crippen LogP) is 5.09. The quantitative estimate of drug-likeness (QED) is 0.701. The fraction of sp³-hybridized carbons (Fsp3) is 0.455. The minimum absolute atomic E-state index is 0. The summed E-state index contributed by atoms with van der Waals surface area (Å²) in [4.78, 5) is 5.63. The van der Waals surface area contributed by atoms with Crippen molar-refractivity contribution in [1.82, 2.24) is 5.06 Å². The Morgan fingerprint density at radius 2 is 1.65 bits per heavy atom. The minimum atomic E-state index is 0. The molecule has 0 heterocycles. The summed E-state index contributed by atoms with van der Waals surface area (Å²) in [5, 5.41) is 3.15. The van der Waals surface area contributed by atoms with Gasteiger partial charge in [0.25, 0.3) is 0 Å². The van der Waals surface area contributed by atoms with Gasteiger partial charge in [0.05, 0.1) is 10.0 Å². The van der Waals surface area contributed by atoms with Crippen molar-refractivity contribution >= 4 is 47.2 Å². The Bertz CT molecular complexity index is 336. The summed E-state index contributed by atoms with van der Waals surface area (Å²) in [6, 6.07) is 3.23. The average Bonchev–Trinajstić information content (AvgIpc) is 2.21. The Hall–Kier alpha value is 0.140. The van der Waals surface area contributed by atoms with E-state index in [-0.39, 0.29) is 12.4 Å². The van der Waals surface area contributed by atoms with Crippen LogP contribution in [-0.4, -0.2) is 18.2 Å². The Kier molecular flexibility index (Phi) is 8.35. The highest BCUT2D eigenvalue weighted by Crippen LogP contribution is 2.36. The summed E-state index contributed by atoms with van der Waals surface area (Å²) >= 11 is 17.8. The van der Waals surface area contributed by atoms with Crippen LogP contribution < -0.4 is 4.84 Å². The van der Waals surface area contributed by atoms with Crippen LogP contribution in [0, 0.1) is 0 Å². The molecule has 1 rings (SSSR count). The number of hydrogen-bond acceptors (Lipinski definition) is 2. The Morgan fingerprint density at radius 3 is 2.06 bits per heavy atom. The fourth-order valence-electron chi connectivity index (χ4n) is 1.26. The molecule has 0 bridgehead atoms. The van der Waals surface area contributed by atoms with E-state index >= 15 is 0 Å². The number of hydroxylamine groups is 2. The molecular weight excluding hydrogens is 304 g/mol. The minimum Gasteiger partial charge on any atom is -0.403 e. The topological polar surface area (TPSA) is 12.5 Å². The van der Waals surface area contributed by atoms with Crippen LogP contribution in [0.5, 0.6) is 5.75 Å². The van der Waals surface area contributed by atoms with Crippen molar-refractivity contribution in [3.63, 3.8) is 0 Å². The molecule has 0 saturated carbocycles. The molecule has 0 amide bonds. The highest BCUT2D eigenvalue weighted by molar-refractivity contribution is 6.40. The third-order valence-electron chi connectivity index (χ3n) is 2.01. The van der Waals surface area contributed by atoms with E-state index in [1.54, 1.807) is 17.2 Å². The molecule has 0 aromatic heterocycles. The van der Waals surface area contributed by atoms with E-state index in [0.29, 0.717) is 20.8 Å². The monoisotopic (exact) mass is 317 g/mol. The van der Waals surface area contributed by atoms with Gasteiger partial charge in [0.2, 0.25) is 0 Å². The van der Waals surface area contributed by atoms with E-state index in [0.717, 1.165) is 19.5 Å². The van der Waals surface area contributed by atoms with Crippen LogP contribution in [-0.2, 0) is 0 Å². The van der Waals surface area contributed by atoms with Gasteiger partial charge in [-0.25, -0.2) is 0 Å². The van der Waals surface area contributed by atoms with Gasteiger partial charge in [-0.15, -0.1) is 17.5 Å². The molecule has 0 radical (unpaired) electrons. The lowest BCUT2D eigenvalue weighted by atomic mass is 10.3. The van der Waals surface area contributed by atoms with Crippen LogP contribution in [0.4, 0.5) is 0 Å². The molecule has 0 aliphatic carbocycles. The van der Waals surface area contributed by atoms with Crippen LogP contribution in [0.3, 0.4) is 0 Å². The van der Waals surface area contributed by atoms with Gasteiger partial charge in [-0.1, -0.05) is 41.7 Å². The van der Waals surface area contributed by atoms with Crippen LogP contribution in [0.1, 0.15) is 20.3 Å². The maximum absolute atomic E-state index is 6.02. The van der Waals surface area contributed by atoms with Gasteiger partial charge in [-0.05, 0) is 25.5 Å². The summed E-state index contributed by atoms with van der Waals surface area (Å²) in [6.45, 7) is 5.68. The van der Waals surface area contributed by atoms with E-state index in [2.05, 4.69) is 6.92 Å². The molecule has 17 heavy (non-hydrogen) atoms. The van der Waals surface area contributed by atoms with Crippen molar-refractivity contribution in [3.8, 4) is 5.75 Å². The van der Waals surface area contributed by atoms with Gasteiger partial charge in [0.1, 0.15) is 0 Å². The van der Waals surface area contributed by atoms with Gasteiger partial charge in [0, 0.05) is 18.1 Å². The van der Waals surface area contributed by atoms with Gasteiger partial charge in [-0.3, -0.25) is 0 Å². The molecule has 6 heteroatoms. The summed E-state index contributed by atoms with van der Waals surface area (Å²) in [5.74, 6) is 0.461. The van der Waals surface area contributed by atoms with Crippen LogP contribution >= 0.6 is 47.2 Å². The molecule has 0 atom stereocenters. The smallest absolute Gasteiger partial charge is 0.184 e. The summed E-state index contributed by atoms with van der Waals surface area (Å²) in [6.07, 6.45) is 0.997. The maximum Gasteiger partial charge on any atom is 0.184 e. The van der Waals surface area contributed by atoms with Crippen LogP contribution in [0.2, 0.25) is 15.1 Å².